The largest absolute Gasteiger partial charge is 0.477 e. The number of aliphatic carboxylic acids is 1. The van der Waals surface area contributed by atoms with E-state index in [2.05, 4.69) is 5.32 Å². The van der Waals surface area contributed by atoms with Crippen molar-refractivity contribution in [1.82, 2.24) is 5.32 Å². The molecule has 3 aliphatic heterocycles. The lowest BCUT2D eigenvalue weighted by Crippen LogP contribution is -2.68. The molecular weight excluding hydrogens is 594 g/mol. The number of amides is 1. The fourth-order valence-electron chi connectivity index (χ4n) is 5.05. The van der Waals surface area contributed by atoms with Gasteiger partial charge in [0.15, 0.2) is 12.6 Å². The van der Waals surface area contributed by atoms with Crippen molar-refractivity contribution in [2.45, 2.75) is 111 Å². The molecule has 0 aliphatic carbocycles. The lowest BCUT2D eigenvalue weighted by Gasteiger charge is -2.48. The fraction of sp³-hybridized carbons (Fsp3) is 0.913. The summed E-state index contributed by atoms with van der Waals surface area (Å²) >= 11 is 0. The van der Waals surface area contributed by atoms with Crippen LogP contribution in [0.15, 0.2) is 0 Å². The summed E-state index contributed by atoms with van der Waals surface area (Å²) in [4.78, 5) is 24.0. The molecule has 0 aromatic rings. The first-order chi connectivity index (χ1) is 20.1. The standard InChI is InChI=1S/C23H39NO19/c1-6(27)24-11-7(28)2-23(22(37)38,43-19(11)12(30)8(29)3-25)39-5-10-13(31)14(32)17(35)21(41-10)42-18-9(4-26)40-20(36)16(34)15(18)33/h7-21,25-26,28-36H,2-5H2,1H3,(H,24,27)(H,37,38)/t7-,8+,9+,10+,11+,12+,13+,14-,15+,16+,17-,18+,19+,20+,21-,23+/m0/s1. The number of rotatable bonds is 11. The second-order valence-electron chi connectivity index (χ2n) is 10.5. The van der Waals surface area contributed by atoms with Crippen LogP contribution in [0.2, 0.25) is 0 Å². The molecule has 250 valence electrons. The Kier molecular flexibility index (Phi) is 12.1. The van der Waals surface area contributed by atoms with Gasteiger partial charge in [0.2, 0.25) is 5.91 Å². The molecule has 0 saturated carbocycles. The molecule has 13 N–H and O–H groups in total. The van der Waals surface area contributed by atoms with E-state index < -0.39 is 136 Å². The Morgan fingerprint density at radius 3 is 2.14 bits per heavy atom. The maximum atomic E-state index is 12.3. The number of nitrogens with one attached hydrogen (secondary N) is 1. The van der Waals surface area contributed by atoms with Gasteiger partial charge in [0.25, 0.3) is 5.79 Å². The minimum atomic E-state index is -2.83. The lowest BCUT2D eigenvalue weighted by molar-refractivity contribution is -0.364. The molecule has 3 heterocycles. The molecule has 3 rings (SSSR count). The third-order valence-corrected chi connectivity index (χ3v) is 7.47. The summed E-state index contributed by atoms with van der Waals surface area (Å²) in [7, 11) is 0. The first-order valence-corrected chi connectivity index (χ1v) is 13.2. The molecule has 3 saturated heterocycles. The molecule has 0 radical (unpaired) electrons. The SMILES string of the molecule is CC(=O)N[C@H]1[C@H]([C@H](O)[C@H](O)CO)O[C@@](OC[C@H]2O[C@@H](O[C@H]3[C@H](O)[C@@H](O)[C@H](O)O[C@@H]3CO)[C@@H](O)[C@@H](O)[C@@H]2O)(C(=O)O)C[C@@H]1O. The summed E-state index contributed by atoms with van der Waals surface area (Å²) in [5.41, 5.74) is 0. The monoisotopic (exact) mass is 633 g/mol. The van der Waals surface area contributed by atoms with E-state index in [0.29, 0.717) is 0 Å². The Morgan fingerprint density at radius 1 is 0.930 bits per heavy atom. The van der Waals surface area contributed by atoms with E-state index in [1.54, 1.807) is 0 Å². The van der Waals surface area contributed by atoms with Crippen LogP contribution in [-0.4, -0.2) is 191 Å². The van der Waals surface area contributed by atoms with Crippen molar-refractivity contribution < 1.29 is 94.6 Å². The van der Waals surface area contributed by atoms with Crippen molar-refractivity contribution in [1.29, 1.82) is 0 Å². The Bertz CT molecular complexity index is 942. The molecule has 0 bridgehead atoms. The second kappa shape index (κ2) is 14.6. The quantitative estimate of drug-likeness (QED) is 0.100. The van der Waals surface area contributed by atoms with Gasteiger partial charge in [-0.25, -0.2) is 4.79 Å². The number of carbonyl (C=O) groups is 2. The van der Waals surface area contributed by atoms with E-state index in [9.17, 15) is 70.9 Å². The zero-order valence-electron chi connectivity index (χ0n) is 22.7. The second-order valence-corrected chi connectivity index (χ2v) is 10.5. The first-order valence-electron chi connectivity index (χ1n) is 13.2. The maximum Gasteiger partial charge on any atom is 0.364 e. The molecule has 3 fully saturated rings. The molecule has 0 unspecified atom stereocenters. The number of aliphatic hydroxyl groups is 11. The van der Waals surface area contributed by atoms with Gasteiger partial charge in [-0.05, 0) is 0 Å². The van der Waals surface area contributed by atoms with Crippen molar-refractivity contribution in [2.75, 3.05) is 19.8 Å². The Morgan fingerprint density at radius 2 is 1.58 bits per heavy atom. The van der Waals surface area contributed by atoms with Gasteiger partial charge in [-0.3, -0.25) is 4.79 Å². The van der Waals surface area contributed by atoms with Gasteiger partial charge in [0, 0.05) is 13.3 Å². The molecule has 43 heavy (non-hydrogen) atoms. The van der Waals surface area contributed by atoms with Crippen LogP contribution in [0, 0.1) is 0 Å². The number of carboxylic acid groups (broad SMARTS) is 1. The molecule has 0 aromatic heterocycles. The topological polar surface area (TPSA) is 335 Å². The van der Waals surface area contributed by atoms with Crippen molar-refractivity contribution >= 4 is 11.9 Å². The highest BCUT2D eigenvalue weighted by molar-refractivity contribution is 5.76. The van der Waals surface area contributed by atoms with Gasteiger partial charge >= 0.3 is 5.97 Å². The van der Waals surface area contributed by atoms with Crippen LogP contribution in [0.4, 0.5) is 0 Å². The van der Waals surface area contributed by atoms with Gasteiger partial charge in [-0.1, -0.05) is 0 Å². The van der Waals surface area contributed by atoms with Gasteiger partial charge in [-0.15, -0.1) is 0 Å². The summed E-state index contributed by atoms with van der Waals surface area (Å²) < 4.78 is 26.7. The van der Waals surface area contributed by atoms with Crippen molar-refractivity contribution in [3.05, 3.63) is 0 Å². The summed E-state index contributed by atoms with van der Waals surface area (Å²) in [5.74, 6) is -5.42. The van der Waals surface area contributed by atoms with Gasteiger partial charge < -0.3 is 90.3 Å². The Balaban J connectivity index is 1.82. The van der Waals surface area contributed by atoms with Gasteiger partial charge in [0.05, 0.1) is 32.0 Å². The third-order valence-electron chi connectivity index (χ3n) is 7.47. The fourth-order valence-corrected chi connectivity index (χ4v) is 5.05. The van der Waals surface area contributed by atoms with E-state index in [-0.39, 0.29) is 0 Å². The molecule has 1 amide bonds. The van der Waals surface area contributed by atoms with Crippen LogP contribution >= 0.6 is 0 Å². The van der Waals surface area contributed by atoms with Crippen molar-refractivity contribution in [3.63, 3.8) is 0 Å². The smallest absolute Gasteiger partial charge is 0.364 e. The van der Waals surface area contributed by atoms with Crippen molar-refractivity contribution in [3.8, 4) is 0 Å². The van der Waals surface area contributed by atoms with Crippen LogP contribution in [0.25, 0.3) is 0 Å². The normalized spacial score (nSPS) is 45.3. The average Bonchev–Trinajstić information content (AvgIpc) is 2.96. The number of aliphatic hydroxyl groups excluding tert-OH is 11. The molecule has 20 heteroatoms. The molecular formula is C23H39NO19. The van der Waals surface area contributed by atoms with Crippen LogP contribution in [0.3, 0.4) is 0 Å². The number of hydrogen-bond donors (Lipinski definition) is 13. The predicted molar refractivity (Wildman–Crippen MR) is 130 cm³/mol. The van der Waals surface area contributed by atoms with Crippen LogP contribution < -0.4 is 5.32 Å². The van der Waals surface area contributed by atoms with Crippen LogP contribution in [-0.2, 0) is 33.3 Å². The van der Waals surface area contributed by atoms with Gasteiger partial charge in [-0.2, -0.15) is 0 Å². The lowest BCUT2D eigenvalue weighted by atomic mass is 9.88. The van der Waals surface area contributed by atoms with Crippen LogP contribution in [0.1, 0.15) is 13.3 Å². The molecule has 3 aliphatic rings. The maximum absolute atomic E-state index is 12.3. The van der Waals surface area contributed by atoms with E-state index >= 15 is 0 Å². The highest BCUT2D eigenvalue weighted by atomic mass is 16.8. The van der Waals surface area contributed by atoms with E-state index in [1.807, 2.05) is 0 Å². The zero-order valence-corrected chi connectivity index (χ0v) is 22.7. The van der Waals surface area contributed by atoms with Crippen molar-refractivity contribution in [2.24, 2.45) is 0 Å². The summed E-state index contributed by atoms with van der Waals surface area (Å²) in [6.45, 7) is -1.76. The van der Waals surface area contributed by atoms with E-state index in [4.69, 9.17) is 23.7 Å². The summed E-state index contributed by atoms with van der Waals surface area (Å²) in [5, 5.41) is 123. The number of hydrogen-bond acceptors (Lipinski definition) is 18. The zero-order chi connectivity index (χ0) is 32.4. The number of ether oxygens (including phenoxy) is 5. The number of carboxylic acids is 1. The average molecular weight is 634 g/mol. The Hall–Kier alpha value is -1.70. The summed E-state index contributed by atoms with van der Waals surface area (Å²) in [6.07, 6.45) is -27.0. The highest BCUT2D eigenvalue weighted by Crippen LogP contribution is 2.35. The Labute approximate surface area is 243 Å². The van der Waals surface area contributed by atoms with Gasteiger partial charge in [0.1, 0.15) is 67.1 Å². The predicted octanol–water partition coefficient (Wildman–Crippen LogP) is -8.22. The molecule has 20 nitrogen and oxygen atoms in total. The van der Waals surface area contributed by atoms with E-state index in [0.717, 1.165) is 6.92 Å². The highest BCUT2D eigenvalue weighted by Gasteiger charge is 2.57. The minimum Gasteiger partial charge on any atom is -0.477 e. The van der Waals surface area contributed by atoms with Crippen LogP contribution in [0.5, 0.6) is 0 Å². The number of carbonyl (C=O) groups excluding carboxylic acids is 1. The molecule has 0 spiro atoms. The van der Waals surface area contributed by atoms with E-state index in [1.165, 1.54) is 0 Å². The molecule has 16 atom stereocenters. The first kappa shape index (κ1) is 35.8. The summed E-state index contributed by atoms with van der Waals surface area (Å²) in [6, 6.07) is -1.48. The molecule has 0 aromatic carbocycles. The minimum absolute atomic E-state index is 0.719. The third kappa shape index (κ3) is 7.58.